The summed E-state index contributed by atoms with van der Waals surface area (Å²) in [5, 5.41) is 2.35. The second-order valence-electron chi connectivity index (χ2n) is 4.50. The van der Waals surface area contributed by atoms with Crippen molar-refractivity contribution < 1.29 is 9.53 Å². The van der Waals surface area contributed by atoms with E-state index in [0.717, 1.165) is 4.88 Å². The molecule has 112 valence electrons. The van der Waals surface area contributed by atoms with Crippen molar-refractivity contribution in [2.75, 3.05) is 26.0 Å². The van der Waals surface area contributed by atoms with Crippen LogP contribution in [0.5, 0.6) is 0 Å². The summed E-state index contributed by atoms with van der Waals surface area (Å²) in [6.45, 7) is 1.46. The lowest BCUT2D eigenvalue weighted by atomic mass is 10.1. The van der Waals surface area contributed by atoms with Gasteiger partial charge in [0.2, 0.25) is 0 Å². The van der Waals surface area contributed by atoms with Crippen molar-refractivity contribution in [1.82, 2.24) is 4.90 Å². The van der Waals surface area contributed by atoms with Gasteiger partial charge in [-0.1, -0.05) is 23.7 Å². The van der Waals surface area contributed by atoms with Crippen LogP contribution in [-0.4, -0.2) is 31.1 Å². The number of anilines is 1. The van der Waals surface area contributed by atoms with Gasteiger partial charge in [-0.3, -0.25) is 4.79 Å². The van der Waals surface area contributed by atoms with Crippen molar-refractivity contribution in [1.29, 1.82) is 0 Å². The van der Waals surface area contributed by atoms with E-state index in [1.807, 2.05) is 17.5 Å². The molecule has 1 amide bonds. The third kappa shape index (κ3) is 3.97. The fourth-order valence-electron chi connectivity index (χ4n) is 1.97. The van der Waals surface area contributed by atoms with E-state index in [0.29, 0.717) is 36.0 Å². The predicted octanol–water partition coefficient (Wildman–Crippen LogP) is 3.27. The van der Waals surface area contributed by atoms with E-state index < -0.39 is 0 Å². The number of rotatable bonds is 6. The summed E-state index contributed by atoms with van der Waals surface area (Å²) in [5.74, 6) is -0.177. The summed E-state index contributed by atoms with van der Waals surface area (Å²) < 4.78 is 5.08. The molecule has 0 aliphatic rings. The molecule has 1 aromatic heterocycles. The molecule has 2 aromatic rings. The molecule has 1 heterocycles. The molecule has 2 rings (SSSR count). The molecule has 0 unspecified atom stereocenters. The minimum Gasteiger partial charge on any atom is -0.398 e. The molecule has 21 heavy (non-hydrogen) atoms. The van der Waals surface area contributed by atoms with Gasteiger partial charge >= 0.3 is 0 Å². The topological polar surface area (TPSA) is 55.6 Å². The molecule has 0 saturated carbocycles. The number of nitrogens with two attached hydrogens (primary N) is 1. The van der Waals surface area contributed by atoms with Gasteiger partial charge in [-0.25, -0.2) is 0 Å². The maximum absolute atomic E-state index is 12.7. The lowest BCUT2D eigenvalue weighted by Crippen LogP contribution is -2.33. The van der Waals surface area contributed by atoms with Gasteiger partial charge in [0, 0.05) is 24.2 Å². The zero-order valence-corrected chi connectivity index (χ0v) is 13.3. The fraction of sp³-hybridized carbons (Fsp3) is 0.267. The third-order valence-corrected chi connectivity index (χ3v) is 4.22. The zero-order chi connectivity index (χ0) is 15.2. The van der Waals surface area contributed by atoms with Crippen LogP contribution in [0.25, 0.3) is 0 Å². The lowest BCUT2D eigenvalue weighted by Gasteiger charge is -2.23. The molecule has 0 bridgehead atoms. The normalized spacial score (nSPS) is 10.6. The van der Waals surface area contributed by atoms with Gasteiger partial charge in [-0.2, -0.15) is 0 Å². The van der Waals surface area contributed by atoms with Gasteiger partial charge < -0.3 is 15.4 Å². The Labute approximate surface area is 133 Å². The number of hydrogen-bond acceptors (Lipinski definition) is 4. The fourth-order valence-corrected chi connectivity index (χ4v) is 2.95. The zero-order valence-electron chi connectivity index (χ0n) is 11.7. The van der Waals surface area contributed by atoms with Gasteiger partial charge in [0.25, 0.3) is 5.91 Å². The van der Waals surface area contributed by atoms with Crippen LogP contribution in [0.1, 0.15) is 15.2 Å². The molecule has 4 nitrogen and oxygen atoms in total. The van der Waals surface area contributed by atoms with Crippen LogP contribution in [0.2, 0.25) is 5.02 Å². The molecule has 0 fully saturated rings. The second-order valence-corrected chi connectivity index (χ2v) is 5.94. The van der Waals surface area contributed by atoms with E-state index in [2.05, 4.69) is 0 Å². The summed E-state index contributed by atoms with van der Waals surface area (Å²) in [6.07, 6.45) is 0. The summed E-state index contributed by atoms with van der Waals surface area (Å²) in [6, 6.07) is 9.04. The Balaban J connectivity index is 2.25. The molecule has 6 heteroatoms. The third-order valence-electron chi connectivity index (χ3n) is 3.04. The molecule has 1 aromatic carbocycles. The number of amides is 1. The highest BCUT2D eigenvalue weighted by atomic mass is 35.5. The first kappa shape index (κ1) is 15.8. The van der Waals surface area contributed by atoms with E-state index in [1.54, 1.807) is 41.5 Å². The number of hydrogen-bond donors (Lipinski definition) is 1. The Morgan fingerprint density at radius 2 is 2.19 bits per heavy atom. The highest BCUT2D eigenvalue weighted by molar-refractivity contribution is 7.09. The minimum absolute atomic E-state index is 0.177. The number of methoxy groups -OCH3 is 1. The summed E-state index contributed by atoms with van der Waals surface area (Å²) >= 11 is 7.73. The standard InChI is InChI=1S/C15H17ClN2O2S/c1-20-8-7-18(10-11-4-3-9-21-11)15(19)14-12(16)5-2-6-13(14)17/h2-6,9H,7-8,10,17H2,1H3. The smallest absolute Gasteiger partial charge is 0.257 e. The van der Waals surface area contributed by atoms with E-state index in [9.17, 15) is 4.79 Å². The monoisotopic (exact) mass is 324 g/mol. The number of nitrogens with zero attached hydrogens (tertiary/aromatic N) is 1. The van der Waals surface area contributed by atoms with Gasteiger partial charge in [0.1, 0.15) is 0 Å². The molecule has 0 atom stereocenters. The largest absolute Gasteiger partial charge is 0.398 e. The average Bonchev–Trinajstić information content (AvgIpc) is 2.96. The van der Waals surface area contributed by atoms with Crippen molar-refractivity contribution in [2.45, 2.75) is 6.54 Å². The van der Waals surface area contributed by atoms with Crippen LogP contribution in [-0.2, 0) is 11.3 Å². The maximum atomic E-state index is 12.7. The number of carbonyl (C=O) groups is 1. The van der Waals surface area contributed by atoms with Crippen LogP contribution in [0.3, 0.4) is 0 Å². The Morgan fingerprint density at radius 1 is 1.38 bits per heavy atom. The number of carbonyl (C=O) groups excluding carboxylic acids is 1. The summed E-state index contributed by atoms with van der Waals surface area (Å²) in [5.41, 5.74) is 6.65. The molecule has 0 spiro atoms. The van der Waals surface area contributed by atoms with E-state index in [1.165, 1.54) is 0 Å². The van der Waals surface area contributed by atoms with E-state index >= 15 is 0 Å². The van der Waals surface area contributed by atoms with Crippen molar-refractivity contribution >= 4 is 34.5 Å². The first-order valence-corrected chi connectivity index (χ1v) is 7.74. The van der Waals surface area contributed by atoms with Gasteiger partial charge in [0.15, 0.2) is 0 Å². The van der Waals surface area contributed by atoms with Gasteiger partial charge in [0.05, 0.1) is 23.7 Å². The Kier molecular flexibility index (Phi) is 5.61. The van der Waals surface area contributed by atoms with Crippen LogP contribution in [0, 0.1) is 0 Å². The molecule has 2 N–H and O–H groups in total. The summed E-state index contributed by atoms with van der Waals surface area (Å²) in [4.78, 5) is 15.5. The molecule has 0 aliphatic carbocycles. The molecule has 0 saturated heterocycles. The van der Waals surface area contributed by atoms with Crippen LogP contribution in [0.4, 0.5) is 5.69 Å². The number of benzene rings is 1. The van der Waals surface area contributed by atoms with Crippen molar-refractivity contribution in [2.24, 2.45) is 0 Å². The number of ether oxygens (including phenoxy) is 1. The number of nitrogen functional groups attached to an aromatic ring is 1. The molecule has 0 aliphatic heterocycles. The summed E-state index contributed by atoms with van der Waals surface area (Å²) in [7, 11) is 1.61. The van der Waals surface area contributed by atoms with Crippen molar-refractivity contribution in [3.63, 3.8) is 0 Å². The first-order chi connectivity index (χ1) is 10.1. The number of halogens is 1. The van der Waals surface area contributed by atoms with Crippen molar-refractivity contribution in [3.8, 4) is 0 Å². The van der Waals surface area contributed by atoms with Crippen molar-refractivity contribution in [3.05, 3.63) is 51.2 Å². The molecule has 0 radical (unpaired) electrons. The Hall–Kier alpha value is -1.56. The quantitative estimate of drug-likeness (QED) is 0.830. The predicted molar refractivity (Wildman–Crippen MR) is 86.8 cm³/mol. The van der Waals surface area contributed by atoms with Crippen LogP contribution < -0.4 is 5.73 Å². The minimum atomic E-state index is -0.177. The maximum Gasteiger partial charge on any atom is 0.257 e. The second kappa shape index (κ2) is 7.45. The number of thiophene rings is 1. The highest BCUT2D eigenvalue weighted by Crippen LogP contribution is 2.24. The average molecular weight is 325 g/mol. The van der Waals surface area contributed by atoms with Gasteiger partial charge in [-0.15, -0.1) is 11.3 Å². The first-order valence-electron chi connectivity index (χ1n) is 6.48. The highest BCUT2D eigenvalue weighted by Gasteiger charge is 2.21. The van der Waals surface area contributed by atoms with Gasteiger partial charge in [-0.05, 0) is 23.6 Å². The Bertz CT molecular complexity index is 581. The lowest BCUT2D eigenvalue weighted by molar-refractivity contribution is 0.0683. The Morgan fingerprint density at radius 3 is 2.81 bits per heavy atom. The van der Waals surface area contributed by atoms with Crippen LogP contribution in [0.15, 0.2) is 35.7 Å². The SMILES string of the molecule is COCCN(Cc1cccs1)C(=O)c1c(N)cccc1Cl. The van der Waals surface area contributed by atoms with E-state index in [4.69, 9.17) is 22.1 Å². The van der Waals surface area contributed by atoms with E-state index in [-0.39, 0.29) is 5.91 Å². The molecular formula is C15H17ClN2O2S. The van der Waals surface area contributed by atoms with Crippen LogP contribution >= 0.6 is 22.9 Å². The molecular weight excluding hydrogens is 308 g/mol.